The minimum Gasteiger partial charge on any atom is -0.455 e. The standard InChI is InChI=1S/C32H21N3O/c33-18-22-9-6-10-23(19-34)31(22)35-27-15-13-21(20-7-2-1-3-8-20)17-26(27)30-28(35)16-14-25-24-11-4-5-12-29(24)36-32(25)30/h1-19,33-34H. The van der Waals surface area contributed by atoms with E-state index in [-0.39, 0.29) is 0 Å². The van der Waals surface area contributed by atoms with E-state index in [1.165, 1.54) is 12.4 Å². The number of aromatic nitrogens is 1. The Bertz CT molecular complexity index is 1950. The second-order valence-electron chi connectivity index (χ2n) is 8.94. The molecule has 7 rings (SSSR count). The summed E-state index contributed by atoms with van der Waals surface area (Å²) in [5, 5.41) is 20.5. The van der Waals surface area contributed by atoms with Crippen LogP contribution in [0.4, 0.5) is 0 Å². The van der Waals surface area contributed by atoms with Gasteiger partial charge >= 0.3 is 0 Å². The minimum atomic E-state index is 0.756. The largest absolute Gasteiger partial charge is 0.455 e. The fourth-order valence-electron chi connectivity index (χ4n) is 5.41. The number of para-hydroxylation sites is 2. The monoisotopic (exact) mass is 463 g/mol. The van der Waals surface area contributed by atoms with Gasteiger partial charge in [0.1, 0.15) is 11.2 Å². The van der Waals surface area contributed by atoms with Crippen LogP contribution in [0.3, 0.4) is 0 Å². The third kappa shape index (κ3) is 2.82. The number of nitrogens with zero attached hydrogens (tertiary/aromatic N) is 1. The van der Waals surface area contributed by atoms with Crippen LogP contribution in [0.5, 0.6) is 0 Å². The molecule has 170 valence electrons. The maximum absolute atomic E-state index is 8.09. The quantitative estimate of drug-likeness (QED) is 0.253. The Kier molecular flexibility index (Phi) is 4.42. The molecule has 7 aromatic rings. The number of furan rings is 1. The molecule has 4 nitrogen and oxygen atoms in total. The molecule has 0 saturated heterocycles. The van der Waals surface area contributed by atoms with Crippen LogP contribution in [0, 0.1) is 10.8 Å². The molecule has 0 radical (unpaired) electrons. The molecule has 2 aromatic heterocycles. The van der Waals surface area contributed by atoms with Crippen molar-refractivity contribution in [3.8, 4) is 16.8 Å². The third-order valence-corrected chi connectivity index (χ3v) is 7.01. The number of rotatable bonds is 4. The maximum Gasteiger partial charge on any atom is 0.145 e. The Morgan fingerprint density at radius 1 is 0.583 bits per heavy atom. The zero-order valence-corrected chi connectivity index (χ0v) is 19.3. The van der Waals surface area contributed by atoms with Crippen molar-refractivity contribution in [3.05, 3.63) is 114 Å². The first-order valence-electron chi connectivity index (χ1n) is 11.9. The van der Waals surface area contributed by atoms with Crippen molar-refractivity contribution in [1.29, 1.82) is 10.8 Å². The smallest absolute Gasteiger partial charge is 0.145 e. The average Bonchev–Trinajstić information content (AvgIpc) is 3.48. The van der Waals surface area contributed by atoms with Crippen LogP contribution in [0.1, 0.15) is 11.1 Å². The summed E-state index contributed by atoms with van der Waals surface area (Å²) in [7, 11) is 0. The first-order chi connectivity index (χ1) is 17.8. The highest BCUT2D eigenvalue weighted by Crippen LogP contribution is 2.42. The summed E-state index contributed by atoms with van der Waals surface area (Å²) in [6.45, 7) is 0. The van der Waals surface area contributed by atoms with E-state index >= 15 is 0 Å². The zero-order valence-electron chi connectivity index (χ0n) is 19.3. The Hall–Kier alpha value is -4.96. The molecule has 0 saturated carbocycles. The summed E-state index contributed by atoms with van der Waals surface area (Å²) in [4.78, 5) is 0. The van der Waals surface area contributed by atoms with Gasteiger partial charge in [-0.1, -0.05) is 72.8 Å². The predicted octanol–water partition coefficient (Wildman–Crippen LogP) is 8.35. The number of fused-ring (bicyclic) bond motifs is 7. The minimum absolute atomic E-state index is 0.756. The Labute approximate surface area is 207 Å². The van der Waals surface area contributed by atoms with E-state index in [0.29, 0.717) is 0 Å². The summed E-state index contributed by atoms with van der Waals surface area (Å²) in [6, 6.07) is 35.0. The highest BCUT2D eigenvalue weighted by Gasteiger charge is 2.21. The van der Waals surface area contributed by atoms with E-state index < -0.39 is 0 Å². The first kappa shape index (κ1) is 20.4. The van der Waals surface area contributed by atoms with Crippen LogP contribution >= 0.6 is 0 Å². The van der Waals surface area contributed by atoms with Crippen LogP contribution in [0.25, 0.3) is 60.6 Å². The molecule has 0 atom stereocenters. The fraction of sp³-hybridized carbons (Fsp3) is 0. The average molecular weight is 464 g/mol. The van der Waals surface area contributed by atoms with Crippen LogP contribution in [-0.2, 0) is 0 Å². The van der Waals surface area contributed by atoms with Crippen molar-refractivity contribution in [3.63, 3.8) is 0 Å². The zero-order chi connectivity index (χ0) is 24.2. The van der Waals surface area contributed by atoms with Crippen molar-refractivity contribution in [1.82, 2.24) is 4.57 Å². The van der Waals surface area contributed by atoms with Crippen molar-refractivity contribution >= 4 is 56.2 Å². The van der Waals surface area contributed by atoms with Gasteiger partial charge in [0.2, 0.25) is 0 Å². The second kappa shape index (κ2) is 7.79. The van der Waals surface area contributed by atoms with E-state index in [0.717, 1.165) is 71.7 Å². The molecular weight excluding hydrogens is 442 g/mol. The van der Waals surface area contributed by atoms with Gasteiger partial charge in [-0.05, 0) is 41.5 Å². The summed E-state index contributed by atoms with van der Waals surface area (Å²) in [5.74, 6) is 0. The molecule has 0 unspecified atom stereocenters. The van der Waals surface area contributed by atoms with Crippen molar-refractivity contribution in [2.45, 2.75) is 0 Å². The van der Waals surface area contributed by atoms with Gasteiger partial charge in [-0.25, -0.2) is 0 Å². The molecule has 0 spiro atoms. The lowest BCUT2D eigenvalue weighted by Crippen LogP contribution is -2.03. The third-order valence-electron chi connectivity index (χ3n) is 7.01. The molecule has 2 heterocycles. The van der Waals surface area contributed by atoms with Crippen molar-refractivity contribution in [2.24, 2.45) is 0 Å². The van der Waals surface area contributed by atoms with Gasteiger partial charge in [0.05, 0.1) is 22.1 Å². The van der Waals surface area contributed by atoms with E-state index in [1.807, 2.05) is 42.5 Å². The Morgan fingerprint density at radius 2 is 1.31 bits per heavy atom. The highest BCUT2D eigenvalue weighted by molar-refractivity contribution is 6.24. The Morgan fingerprint density at radius 3 is 2.08 bits per heavy atom. The molecule has 5 aromatic carbocycles. The van der Waals surface area contributed by atoms with E-state index in [9.17, 15) is 0 Å². The number of hydrogen-bond donors (Lipinski definition) is 2. The van der Waals surface area contributed by atoms with E-state index in [4.69, 9.17) is 15.2 Å². The highest BCUT2D eigenvalue weighted by atomic mass is 16.3. The summed E-state index contributed by atoms with van der Waals surface area (Å²) < 4.78 is 8.65. The van der Waals surface area contributed by atoms with Crippen LogP contribution in [-0.4, -0.2) is 17.0 Å². The Balaban J connectivity index is 1.70. The lowest BCUT2D eigenvalue weighted by atomic mass is 10.0. The molecular formula is C32H21N3O. The summed E-state index contributed by atoms with van der Waals surface area (Å²) in [5.41, 5.74) is 8.32. The molecule has 2 N–H and O–H groups in total. The second-order valence-corrected chi connectivity index (χ2v) is 8.94. The molecule has 0 aliphatic carbocycles. The van der Waals surface area contributed by atoms with Crippen molar-refractivity contribution < 1.29 is 4.42 Å². The van der Waals surface area contributed by atoms with Crippen LogP contribution < -0.4 is 0 Å². The van der Waals surface area contributed by atoms with Crippen LogP contribution in [0.15, 0.2) is 108 Å². The molecule has 0 bridgehead atoms. The van der Waals surface area contributed by atoms with Gasteiger partial charge in [-0.3, -0.25) is 0 Å². The lowest BCUT2D eigenvalue weighted by molar-refractivity contribution is 0.673. The molecule has 36 heavy (non-hydrogen) atoms. The predicted molar refractivity (Wildman–Crippen MR) is 149 cm³/mol. The number of benzene rings is 5. The maximum atomic E-state index is 8.09. The summed E-state index contributed by atoms with van der Waals surface area (Å²) >= 11 is 0. The fourth-order valence-corrected chi connectivity index (χ4v) is 5.41. The van der Waals surface area contributed by atoms with Gasteiger partial charge in [0.25, 0.3) is 0 Å². The van der Waals surface area contributed by atoms with Gasteiger partial charge in [0, 0.05) is 39.7 Å². The van der Waals surface area contributed by atoms with Crippen molar-refractivity contribution in [2.75, 3.05) is 0 Å². The molecule has 0 fully saturated rings. The van der Waals surface area contributed by atoms with E-state index in [2.05, 4.69) is 65.2 Å². The topological polar surface area (TPSA) is 65.8 Å². The normalized spacial score (nSPS) is 11.6. The van der Waals surface area contributed by atoms with Gasteiger partial charge in [-0.15, -0.1) is 0 Å². The van der Waals surface area contributed by atoms with E-state index in [1.54, 1.807) is 0 Å². The molecule has 4 heteroatoms. The summed E-state index contributed by atoms with van der Waals surface area (Å²) in [6.07, 6.45) is 2.72. The van der Waals surface area contributed by atoms with Gasteiger partial charge in [0.15, 0.2) is 0 Å². The first-order valence-corrected chi connectivity index (χ1v) is 11.9. The molecule has 0 aliphatic rings. The lowest BCUT2D eigenvalue weighted by Gasteiger charge is -2.14. The molecule has 0 amide bonds. The SMILES string of the molecule is N=Cc1cccc(C=N)c1-n1c2ccc(-c3ccccc3)cc2c2c3oc4ccccc4c3ccc21. The number of nitrogens with one attached hydrogen (secondary N) is 2. The number of hydrogen-bond acceptors (Lipinski definition) is 3. The molecule has 0 aliphatic heterocycles. The van der Waals surface area contributed by atoms with Gasteiger partial charge < -0.3 is 19.8 Å². The van der Waals surface area contributed by atoms with Crippen LogP contribution in [0.2, 0.25) is 0 Å². The van der Waals surface area contributed by atoms with Gasteiger partial charge in [-0.2, -0.15) is 0 Å².